The zero-order chi connectivity index (χ0) is 12.8. The van der Waals surface area contributed by atoms with E-state index in [9.17, 15) is 9.18 Å². The van der Waals surface area contributed by atoms with Gasteiger partial charge in [-0.05, 0) is 25.1 Å². The van der Waals surface area contributed by atoms with Crippen molar-refractivity contribution < 1.29 is 13.9 Å². The fourth-order valence-corrected chi connectivity index (χ4v) is 2.31. The molecule has 0 saturated heterocycles. The Morgan fingerprint density at radius 2 is 2.29 bits per heavy atom. The topological polar surface area (TPSA) is 52.3 Å². The van der Waals surface area contributed by atoms with Crippen molar-refractivity contribution in [3.63, 3.8) is 0 Å². The number of nitrogens with two attached hydrogens (primary N) is 1. The van der Waals surface area contributed by atoms with Crippen molar-refractivity contribution in [1.82, 2.24) is 0 Å². The van der Waals surface area contributed by atoms with Crippen molar-refractivity contribution in [3.05, 3.63) is 24.0 Å². The number of halogens is 1. The lowest BCUT2D eigenvalue weighted by Crippen LogP contribution is -2.10. The van der Waals surface area contributed by atoms with Crippen LogP contribution < -0.4 is 5.73 Å². The molecule has 0 heterocycles. The molecule has 5 heteroatoms. The number of benzene rings is 1. The third-order valence-corrected chi connectivity index (χ3v) is 3.16. The second kappa shape index (κ2) is 6.49. The molecule has 0 spiro atoms. The Morgan fingerprint density at radius 3 is 2.88 bits per heavy atom. The van der Waals surface area contributed by atoms with E-state index in [1.54, 1.807) is 13.0 Å². The number of esters is 1. The first-order valence-corrected chi connectivity index (χ1v) is 6.28. The molecular weight excluding hydrogens is 241 g/mol. The van der Waals surface area contributed by atoms with E-state index in [4.69, 9.17) is 10.5 Å². The van der Waals surface area contributed by atoms with Gasteiger partial charge in [-0.25, -0.2) is 4.39 Å². The number of nitrogen functional groups attached to an aromatic ring is 1. The minimum Gasteiger partial charge on any atom is -0.466 e. The van der Waals surface area contributed by atoms with E-state index in [1.807, 2.05) is 6.92 Å². The van der Waals surface area contributed by atoms with Crippen LogP contribution in [0.3, 0.4) is 0 Å². The molecule has 1 aromatic carbocycles. The van der Waals surface area contributed by atoms with Gasteiger partial charge in [0.1, 0.15) is 5.82 Å². The summed E-state index contributed by atoms with van der Waals surface area (Å²) in [5.74, 6) is -0.665. The van der Waals surface area contributed by atoms with Gasteiger partial charge < -0.3 is 10.5 Å². The zero-order valence-electron chi connectivity index (χ0n) is 9.90. The molecule has 0 bridgehead atoms. The quantitative estimate of drug-likeness (QED) is 0.500. The molecule has 94 valence electrons. The molecule has 0 aliphatic rings. The number of hydrogen-bond donors (Lipinski definition) is 1. The Kier molecular flexibility index (Phi) is 5.28. The van der Waals surface area contributed by atoms with Gasteiger partial charge in [0.2, 0.25) is 0 Å². The van der Waals surface area contributed by atoms with Crippen LogP contribution in [0.5, 0.6) is 0 Å². The molecule has 1 aromatic rings. The predicted molar refractivity (Wildman–Crippen MR) is 67.4 cm³/mol. The maximum Gasteiger partial charge on any atom is 0.306 e. The van der Waals surface area contributed by atoms with Crippen molar-refractivity contribution in [2.24, 2.45) is 0 Å². The number of hydrogen-bond acceptors (Lipinski definition) is 4. The molecule has 0 aliphatic heterocycles. The van der Waals surface area contributed by atoms with Crippen LogP contribution in [-0.2, 0) is 9.53 Å². The molecule has 1 rings (SSSR count). The fraction of sp³-hybridized carbons (Fsp3) is 0.417. The molecule has 1 atom stereocenters. The minimum atomic E-state index is -0.432. The summed E-state index contributed by atoms with van der Waals surface area (Å²) in [4.78, 5) is 12.0. The highest BCUT2D eigenvalue weighted by molar-refractivity contribution is 8.00. The average Bonchev–Trinajstić information content (AvgIpc) is 2.23. The number of anilines is 1. The van der Waals surface area contributed by atoms with Crippen LogP contribution in [0.2, 0.25) is 0 Å². The molecule has 17 heavy (non-hydrogen) atoms. The molecule has 1 unspecified atom stereocenters. The van der Waals surface area contributed by atoms with Crippen LogP contribution >= 0.6 is 11.8 Å². The van der Waals surface area contributed by atoms with Crippen LogP contribution in [0.4, 0.5) is 10.1 Å². The van der Waals surface area contributed by atoms with Gasteiger partial charge in [0.15, 0.2) is 0 Å². The Morgan fingerprint density at radius 1 is 1.59 bits per heavy atom. The van der Waals surface area contributed by atoms with Gasteiger partial charge in [-0.15, -0.1) is 11.8 Å². The van der Waals surface area contributed by atoms with Crippen LogP contribution in [0, 0.1) is 5.82 Å². The molecule has 0 radical (unpaired) electrons. The summed E-state index contributed by atoms with van der Waals surface area (Å²) in [5, 5.41) is 0.0390. The first kappa shape index (κ1) is 13.8. The maximum absolute atomic E-state index is 13.2. The van der Waals surface area contributed by atoms with Crippen LogP contribution in [-0.4, -0.2) is 17.8 Å². The molecule has 2 N–H and O–H groups in total. The number of thioether (sulfide) groups is 1. The summed E-state index contributed by atoms with van der Waals surface area (Å²) in [6, 6.07) is 4.64. The van der Waals surface area contributed by atoms with Gasteiger partial charge >= 0.3 is 5.97 Å². The smallest absolute Gasteiger partial charge is 0.306 e. The average molecular weight is 257 g/mol. The monoisotopic (exact) mass is 257 g/mol. The highest BCUT2D eigenvalue weighted by Crippen LogP contribution is 2.27. The fourth-order valence-electron chi connectivity index (χ4n) is 1.31. The molecule has 0 amide bonds. The number of rotatable bonds is 5. The van der Waals surface area contributed by atoms with Crippen molar-refractivity contribution >= 4 is 23.4 Å². The maximum atomic E-state index is 13.2. The van der Waals surface area contributed by atoms with E-state index in [2.05, 4.69) is 0 Å². The van der Waals surface area contributed by atoms with Crippen molar-refractivity contribution in [2.45, 2.75) is 30.4 Å². The van der Waals surface area contributed by atoms with Gasteiger partial charge in [-0.2, -0.15) is 0 Å². The number of ether oxygens (including phenoxy) is 1. The molecule has 0 aliphatic carbocycles. The summed E-state index contributed by atoms with van der Waals surface area (Å²) < 4.78 is 18.0. The normalized spacial score (nSPS) is 12.2. The first-order chi connectivity index (χ1) is 8.02. The summed E-state index contributed by atoms with van der Waals surface area (Å²) in [5.41, 5.74) is 5.51. The Balaban J connectivity index is 2.53. The Hall–Kier alpha value is -1.23. The SMILES string of the molecule is CCOC(=O)CC(C)Sc1ccc(N)c(F)c1. The molecule has 0 fully saturated rings. The zero-order valence-corrected chi connectivity index (χ0v) is 10.7. The van der Waals surface area contributed by atoms with E-state index in [-0.39, 0.29) is 16.9 Å². The predicted octanol–water partition coefficient (Wildman–Crippen LogP) is 2.84. The number of carbonyl (C=O) groups is 1. The lowest BCUT2D eigenvalue weighted by Gasteiger charge is -2.10. The van der Waals surface area contributed by atoms with Gasteiger partial charge in [0.25, 0.3) is 0 Å². The Labute approximate surface area is 105 Å². The van der Waals surface area contributed by atoms with E-state index in [1.165, 1.54) is 23.9 Å². The second-order valence-corrected chi connectivity index (χ2v) is 5.13. The molecular formula is C12H16FNO2S. The van der Waals surface area contributed by atoms with Crippen molar-refractivity contribution in [1.29, 1.82) is 0 Å². The Bertz CT molecular complexity index is 398. The standard InChI is InChI=1S/C12H16FNO2S/c1-3-16-12(15)6-8(2)17-9-4-5-11(14)10(13)7-9/h4-5,7-8H,3,6,14H2,1-2H3. The van der Waals surface area contributed by atoms with Crippen LogP contribution in [0.1, 0.15) is 20.3 Å². The summed E-state index contributed by atoms with van der Waals surface area (Å²) in [6.45, 7) is 4.05. The van der Waals surface area contributed by atoms with Crippen LogP contribution in [0.15, 0.2) is 23.1 Å². The van der Waals surface area contributed by atoms with E-state index >= 15 is 0 Å². The molecule has 0 aromatic heterocycles. The van der Waals surface area contributed by atoms with Gasteiger partial charge in [0, 0.05) is 10.1 Å². The van der Waals surface area contributed by atoms with Gasteiger partial charge in [-0.1, -0.05) is 6.92 Å². The first-order valence-electron chi connectivity index (χ1n) is 5.40. The third kappa shape index (κ3) is 4.65. The van der Waals surface area contributed by atoms with E-state index in [0.29, 0.717) is 13.0 Å². The lowest BCUT2D eigenvalue weighted by molar-refractivity contribution is -0.142. The van der Waals surface area contributed by atoms with Gasteiger partial charge in [-0.3, -0.25) is 4.79 Å². The second-order valence-electron chi connectivity index (χ2n) is 3.62. The number of carbonyl (C=O) groups excluding carboxylic acids is 1. The largest absolute Gasteiger partial charge is 0.466 e. The highest BCUT2D eigenvalue weighted by atomic mass is 32.2. The minimum absolute atomic E-state index is 0.0390. The summed E-state index contributed by atoms with van der Waals surface area (Å²) in [6.07, 6.45) is 0.310. The van der Waals surface area contributed by atoms with Crippen LogP contribution in [0.25, 0.3) is 0 Å². The summed E-state index contributed by atoms with van der Waals surface area (Å²) >= 11 is 1.42. The van der Waals surface area contributed by atoms with E-state index < -0.39 is 5.82 Å². The molecule has 3 nitrogen and oxygen atoms in total. The van der Waals surface area contributed by atoms with Crippen molar-refractivity contribution in [2.75, 3.05) is 12.3 Å². The van der Waals surface area contributed by atoms with Crippen molar-refractivity contribution in [3.8, 4) is 0 Å². The lowest BCUT2D eigenvalue weighted by atomic mass is 10.3. The summed E-state index contributed by atoms with van der Waals surface area (Å²) in [7, 11) is 0. The third-order valence-electron chi connectivity index (χ3n) is 2.07. The van der Waals surface area contributed by atoms with Gasteiger partial charge in [0.05, 0.1) is 18.7 Å². The highest BCUT2D eigenvalue weighted by Gasteiger charge is 2.12. The van der Waals surface area contributed by atoms with E-state index in [0.717, 1.165) is 4.90 Å². The molecule has 0 saturated carbocycles.